The molecule has 0 radical (unpaired) electrons. The largest absolute Gasteiger partial charge is 0.356 e. The van der Waals surface area contributed by atoms with Gasteiger partial charge >= 0.3 is 0 Å². The Morgan fingerprint density at radius 1 is 1.70 bits per heavy atom. The molecule has 1 saturated heterocycles. The van der Waals surface area contributed by atoms with Crippen LogP contribution in [0.2, 0.25) is 0 Å². The summed E-state index contributed by atoms with van der Waals surface area (Å²) < 4.78 is 11.8. The topological polar surface area (TPSA) is 29.1 Å². The van der Waals surface area contributed by atoms with Crippen LogP contribution in [0.4, 0.5) is 4.39 Å². The Hall–Kier alpha value is -0.600. The molecule has 0 spiro atoms. The Balaban J connectivity index is 2.32. The number of amides is 1. The highest BCUT2D eigenvalue weighted by atomic mass is 19.1. The van der Waals surface area contributed by atoms with E-state index >= 15 is 0 Å². The van der Waals surface area contributed by atoms with Crippen LogP contribution in [-0.2, 0) is 4.79 Å². The Morgan fingerprint density at radius 2 is 2.50 bits per heavy atom. The maximum Gasteiger partial charge on any atom is 0.223 e. The lowest BCUT2D eigenvalue weighted by atomic mass is 9.96. The molecule has 0 bridgehead atoms. The van der Waals surface area contributed by atoms with Crippen molar-refractivity contribution in [3.8, 4) is 0 Å². The van der Waals surface area contributed by atoms with Gasteiger partial charge in [0.15, 0.2) is 0 Å². The molecular weight excluding hydrogens is 133 g/mol. The second kappa shape index (κ2) is 3.54. The molecule has 1 unspecified atom stereocenters. The van der Waals surface area contributed by atoms with Crippen LogP contribution in [0, 0.1) is 5.92 Å². The third kappa shape index (κ3) is 1.69. The summed E-state index contributed by atoms with van der Waals surface area (Å²) in [6, 6.07) is 0. The number of rotatable bonds is 2. The van der Waals surface area contributed by atoms with Gasteiger partial charge in [-0.3, -0.25) is 9.18 Å². The minimum absolute atomic E-state index is 0.0314. The zero-order valence-electron chi connectivity index (χ0n) is 5.90. The molecule has 0 aromatic carbocycles. The second-order valence-electron chi connectivity index (χ2n) is 2.61. The van der Waals surface area contributed by atoms with E-state index in [1.165, 1.54) is 0 Å². The van der Waals surface area contributed by atoms with E-state index in [0.29, 0.717) is 6.42 Å². The number of hydrogen-bond acceptors (Lipinski definition) is 1. The highest BCUT2D eigenvalue weighted by molar-refractivity contribution is 5.79. The molecule has 0 aromatic heterocycles. The first-order chi connectivity index (χ1) is 4.84. The van der Waals surface area contributed by atoms with E-state index in [4.69, 9.17) is 0 Å². The fourth-order valence-corrected chi connectivity index (χ4v) is 1.24. The molecular formula is C7H12FNO. The van der Waals surface area contributed by atoms with Crippen molar-refractivity contribution in [2.24, 2.45) is 5.92 Å². The summed E-state index contributed by atoms with van der Waals surface area (Å²) in [5.41, 5.74) is 0. The van der Waals surface area contributed by atoms with Gasteiger partial charge in [0.05, 0.1) is 6.67 Å². The van der Waals surface area contributed by atoms with E-state index in [1.807, 2.05) is 0 Å². The molecule has 1 heterocycles. The molecule has 1 atom stereocenters. The number of carbonyl (C=O) groups is 1. The standard InChI is InChI=1S/C7H12FNO/c8-4-3-6-2-1-5-9-7(6)10/h6H,1-5H2,(H,9,10). The summed E-state index contributed by atoms with van der Waals surface area (Å²) in [4.78, 5) is 10.9. The molecule has 1 aliphatic rings. The van der Waals surface area contributed by atoms with Crippen LogP contribution < -0.4 is 5.32 Å². The van der Waals surface area contributed by atoms with Gasteiger partial charge in [0.2, 0.25) is 5.91 Å². The molecule has 3 heteroatoms. The van der Waals surface area contributed by atoms with Gasteiger partial charge in [0.25, 0.3) is 0 Å². The molecule has 2 nitrogen and oxygen atoms in total. The van der Waals surface area contributed by atoms with Crippen LogP contribution in [-0.4, -0.2) is 19.1 Å². The normalized spacial score (nSPS) is 26.1. The average Bonchev–Trinajstić information content (AvgIpc) is 1.94. The zero-order valence-corrected chi connectivity index (χ0v) is 5.90. The fourth-order valence-electron chi connectivity index (χ4n) is 1.24. The van der Waals surface area contributed by atoms with Gasteiger partial charge in [-0.25, -0.2) is 0 Å². The maximum atomic E-state index is 11.8. The van der Waals surface area contributed by atoms with Crippen molar-refractivity contribution in [3.05, 3.63) is 0 Å². The second-order valence-corrected chi connectivity index (χ2v) is 2.61. The van der Waals surface area contributed by atoms with Crippen molar-refractivity contribution < 1.29 is 9.18 Å². The Labute approximate surface area is 59.8 Å². The molecule has 1 rings (SSSR count). The summed E-state index contributed by atoms with van der Waals surface area (Å²) in [5, 5.41) is 2.71. The van der Waals surface area contributed by atoms with Crippen molar-refractivity contribution in [2.45, 2.75) is 19.3 Å². The smallest absolute Gasteiger partial charge is 0.223 e. The van der Waals surface area contributed by atoms with Crippen LogP contribution >= 0.6 is 0 Å². The van der Waals surface area contributed by atoms with Crippen molar-refractivity contribution in [1.82, 2.24) is 5.32 Å². The first-order valence-electron chi connectivity index (χ1n) is 3.68. The minimum atomic E-state index is -0.377. The number of piperidine rings is 1. The van der Waals surface area contributed by atoms with Gasteiger partial charge in [-0.2, -0.15) is 0 Å². The van der Waals surface area contributed by atoms with Crippen molar-refractivity contribution in [2.75, 3.05) is 13.2 Å². The van der Waals surface area contributed by atoms with Crippen molar-refractivity contribution >= 4 is 5.91 Å². The third-order valence-electron chi connectivity index (χ3n) is 1.86. The monoisotopic (exact) mass is 145 g/mol. The number of carbonyl (C=O) groups excluding carboxylic acids is 1. The average molecular weight is 145 g/mol. The van der Waals surface area contributed by atoms with Crippen LogP contribution in [0.3, 0.4) is 0 Å². The van der Waals surface area contributed by atoms with Gasteiger partial charge in [-0.05, 0) is 19.3 Å². The summed E-state index contributed by atoms with van der Waals surface area (Å²) in [6.07, 6.45) is 2.25. The minimum Gasteiger partial charge on any atom is -0.356 e. The molecule has 0 aromatic rings. The van der Waals surface area contributed by atoms with Gasteiger partial charge in [0, 0.05) is 12.5 Å². The first-order valence-corrected chi connectivity index (χ1v) is 3.68. The van der Waals surface area contributed by atoms with Gasteiger partial charge < -0.3 is 5.32 Å². The quantitative estimate of drug-likeness (QED) is 0.613. The predicted octanol–water partition coefficient (Wildman–Crippen LogP) is 0.872. The van der Waals surface area contributed by atoms with Crippen molar-refractivity contribution in [1.29, 1.82) is 0 Å². The van der Waals surface area contributed by atoms with E-state index in [1.54, 1.807) is 0 Å². The summed E-state index contributed by atoms with van der Waals surface area (Å²) in [7, 11) is 0. The maximum absolute atomic E-state index is 11.8. The zero-order chi connectivity index (χ0) is 7.40. The van der Waals surface area contributed by atoms with E-state index < -0.39 is 0 Å². The van der Waals surface area contributed by atoms with Gasteiger partial charge in [-0.1, -0.05) is 0 Å². The molecule has 1 N–H and O–H groups in total. The molecule has 1 amide bonds. The number of alkyl halides is 1. The lowest BCUT2D eigenvalue weighted by molar-refractivity contribution is -0.126. The fraction of sp³-hybridized carbons (Fsp3) is 0.857. The first kappa shape index (κ1) is 7.51. The number of nitrogens with one attached hydrogen (secondary N) is 1. The molecule has 58 valence electrons. The lowest BCUT2D eigenvalue weighted by Gasteiger charge is -2.20. The highest BCUT2D eigenvalue weighted by Gasteiger charge is 2.20. The van der Waals surface area contributed by atoms with Crippen LogP contribution in [0.5, 0.6) is 0 Å². The summed E-state index contributed by atoms with van der Waals surface area (Å²) >= 11 is 0. The Morgan fingerprint density at radius 3 is 3.10 bits per heavy atom. The van der Waals surface area contributed by atoms with E-state index in [0.717, 1.165) is 19.4 Å². The molecule has 0 saturated carbocycles. The van der Waals surface area contributed by atoms with Crippen LogP contribution in [0.15, 0.2) is 0 Å². The van der Waals surface area contributed by atoms with Gasteiger partial charge in [-0.15, -0.1) is 0 Å². The third-order valence-corrected chi connectivity index (χ3v) is 1.86. The molecule has 10 heavy (non-hydrogen) atoms. The lowest BCUT2D eigenvalue weighted by Crippen LogP contribution is -2.36. The molecule has 1 aliphatic heterocycles. The number of hydrogen-bond donors (Lipinski definition) is 1. The van der Waals surface area contributed by atoms with Crippen LogP contribution in [0.25, 0.3) is 0 Å². The molecule has 0 aliphatic carbocycles. The summed E-state index contributed by atoms with van der Waals surface area (Å²) in [6.45, 7) is 0.389. The molecule has 1 fully saturated rings. The van der Waals surface area contributed by atoms with Crippen LogP contribution in [0.1, 0.15) is 19.3 Å². The SMILES string of the molecule is O=C1NCCCC1CCF. The van der Waals surface area contributed by atoms with E-state index in [-0.39, 0.29) is 18.5 Å². The van der Waals surface area contributed by atoms with E-state index in [9.17, 15) is 9.18 Å². The number of halogens is 1. The highest BCUT2D eigenvalue weighted by Crippen LogP contribution is 2.14. The predicted molar refractivity (Wildman–Crippen MR) is 36.3 cm³/mol. The summed E-state index contributed by atoms with van der Waals surface area (Å²) in [5.74, 6) is -0.0253. The van der Waals surface area contributed by atoms with Crippen molar-refractivity contribution in [3.63, 3.8) is 0 Å². The van der Waals surface area contributed by atoms with Gasteiger partial charge in [0.1, 0.15) is 0 Å². The Kier molecular flexibility index (Phi) is 2.66. The van der Waals surface area contributed by atoms with E-state index in [2.05, 4.69) is 5.32 Å². The Bertz CT molecular complexity index is 125.